The van der Waals surface area contributed by atoms with Crippen LogP contribution in [0.4, 0.5) is 0 Å². The maximum atomic E-state index is 11.9. The molecule has 0 spiro atoms. The zero-order valence-corrected chi connectivity index (χ0v) is 9.66. The lowest BCUT2D eigenvalue weighted by Crippen LogP contribution is -2.34. The highest BCUT2D eigenvalue weighted by Gasteiger charge is 2.19. The molecule has 4 nitrogen and oxygen atoms in total. The Morgan fingerprint density at radius 2 is 2.06 bits per heavy atom. The van der Waals surface area contributed by atoms with Crippen LogP contribution in [0.2, 0.25) is 0 Å². The fourth-order valence-electron chi connectivity index (χ4n) is 2.18. The molecule has 0 radical (unpaired) electrons. The molecule has 88 valence electrons. The molecule has 0 atom stereocenters. The lowest BCUT2D eigenvalue weighted by molar-refractivity contribution is 0.0895. The zero-order chi connectivity index (χ0) is 11.4. The van der Waals surface area contributed by atoms with Crippen LogP contribution < -0.4 is 5.32 Å². The van der Waals surface area contributed by atoms with E-state index in [0.29, 0.717) is 11.8 Å². The number of nitrogens with one attached hydrogen (secondary N) is 1. The van der Waals surface area contributed by atoms with Gasteiger partial charge in [-0.05, 0) is 19.8 Å². The van der Waals surface area contributed by atoms with Gasteiger partial charge in [-0.3, -0.25) is 4.79 Å². The molecule has 1 aliphatic rings. The first-order chi connectivity index (χ1) is 7.77. The van der Waals surface area contributed by atoms with Crippen LogP contribution in [0.5, 0.6) is 0 Å². The average Bonchev–Trinajstić information content (AvgIpc) is 2.53. The van der Waals surface area contributed by atoms with Gasteiger partial charge < -0.3 is 9.84 Å². The lowest BCUT2D eigenvalue weighted by Gasteiger charge is -2.14. The second-order valence-electron chi connectivity index (χ2n) is 4.50. The van der Waals surface area contributed by atoms with Crippen molar-refractivity contribution < 1.29 is 9.32 Å². The summed E-state index contributed by atoms with van der Waals surface area (Å²) < 4.78 is 4.94. The van der Waals surface area contributed by atoms with Gasteiger partial charge in [0.1, 0.15) is 0 Å². The molecule has 1 saturated carbocycles. The molecule has 1 amide bonds. The molecule has 4 heteroatoms. The smallest absolute Gasteiger partial charge is 0.290 e. The van der Waals surface area contributed by atoms with E-state index in [9.17, 15) is 4.79 Å². The van der Waals surface area contributed by atoms with Crippen molar-refractivity contribution in [2.24, 2.45) is 0 Å². The second-order valence-corrected chi connectivity index (χ2v) is 4.50. The number of aryl methyl sites for hydroxylation is 1. The molecule has 0 saturated heterocycles. The van der Waals surface area contributed by atoms with Crippen LogP contribution in [0.25, 0.3) is 0 Å². The van der Waals surface area contributed by atoms with E-state index in [4.69, 9.17) is 4.52 Å². The van der Waals surface area contributed by atoms with Crippen LogP contribution in [0.15, 0.2) is 10.7 Å². The van der Waals surface area contributed by atoms with Crippen LogP contribution in [-0.2, 0) is 0 Å². The van der Waals surface area contributed by atoms with Gasteiger partial charge in [-0.15, -0.1) is 0 Å². The normalized spacial score (nSPS) is 18.1. The summed E-state index contributed by atoms with van der Waals surface area (Å²) in [5.74, 6) is 0.228. The molecule has 0 bridgehead atoms. The number of carbonyl (C=O) groups is 1. The molecule has 0 aromatic carbocycles. The Morgan fingerprint density at radius 3 is 2.62 bits per heavy atom. The third kappa shape index (κ3) is 2.62. The van der Waals surface area contributed by atoms with E-state index >= 15 is 0 Å². The Bertz CT molecular complexity index is 352. The van der Waals surface area contributed by atoms with Gasteiger partial charge in [0, 0.05) is 11.6 Å². The highest BCUT2D eigenvalue weighted by molar-refractivity contribution is 5.92. The minimum absolute atomic E-state index is 0.123. The van der Waals surface area contributed by atoms with Gasteiger partial charge in [-0.25, -0.2) is 0 Å². The molecular formula is C12H18N2O2. The Morgan fingerprint density at radius 1 is 1.38 bits per heavy atom. The standard InChI is InChI=1S/C12H18N2O2/c1-9-8-13-16-11(9)12(15)14-10-6-4-2-3-5-7-10/h8,10H,2-7H2,1H3,(H,14,15). The van der Waals surface area contributed by atoms with Gasteiger partial charge in [-0.2, -0.15) is 0 Å². The molecule has 1 N–H and O–H groups in total. The predicted molar refractivity (Wildman–Crippen MR) is 60.2 cm³/mol. The topological polar surface area (TPSA) is 55.1 Å². The number of carbonyl (C=O) groups excluding carboxylic acids is 1. The number of nitrogens with zero attached hydrogens (tertiary/aromatic N) is 1. The van der Waals surface area contributed by atoms with E-state index in [1.165, 1.54) is 25.7 Å². The van der Waals surface area contributed by atoms with Crippen LogP contribution in [-0.4, -0.2) is 17.1 Å². The van der Waals surface area contributed by atoms with Gasteiger partial charge in [0.25, 0.3) is 5.91 Å². The largest absolute Gasteiger partial charge is 0.351 e. The van der Waals surface area contributed by atoms with Crippen LogP contribution >= 0.6 is 0 Å². The first-order valence-electron chi connectivity index (χ1n) is 5.99. The molecule has 1 aromatic rings. The molecule has 16 heavy (non-hydrogen) atoms. The van der Waals surface area contributed by atoms with Crippen LogP contribution in [0.3, 0.4) is 0 Å². The highest BCUT2D eigenvalue weighted by Crippen LogP contribution is 2.18. The SMILES string of the molecule is Cc1cnoc1C(=O)NC1CCCCCC1. The third-order valence-electron chi connectivity index (χ3n) is 3.15. The van der Waals surface area contributed by atoms with Crippen molar-refractivity contribution in [3.63, 3.8) is 0 Å². The highest BCUT2D eigenvalue weighted by atomic mass is 16.5. The first-order valence-corrected chi connectivity index (χ1v) is 5.99. The Balaban J connectivity index is 1.93. The second kappa shape index (κ2) is 5.14. The van der Waals surface area contributed by atoms with Crippen LogP contribution in [0.1, 0.15) is 54.6 Å². The van der Waals surface area contributed by atoms with Crippen molar-refractivity contribution in [2.75, 3.05) is 0 Å². The van der Waals surface area contributed by atoms with Gasteiger partial charge in [0.15, 0.2) is 0 Å². The number of aromatic nitrogens is 1. The zero-order valence-electron chi connectivity index (χ0n) is 9.66. The number of amides is 1. The van der Waals surface area contributed by atoms with Crippen molar-refractivity contribution in [1.82, 2.24) is 10.5 Å². The maximum Gasteiger partial charge on any atom is 0.290 e. The average molecular weight is 222 g/mol. The van der Waals surface area contributed by atoms with Crippen molar-refractivity contribution in [1.29, 1.82) is 0 Å². The summed E-state index contributed by atoms with van der Waals surface area (Å²) in [6.07, 6.45) is 8.72. The summed E-state index contributed by atoms with van der Waals surface area (Å²) in [4.78, 5) is 11.9. The number of hydrogen-bond acceptors (Lipinski definition) is 3. The van der Waals surface area contributed by atoms with E-state index in [0.717, 1.165) is 18.4 Å². The minimum atomic E-state index is -0.123. The number of rotatable bonds is 2. The lowest BCUT2D eigenvalue weighted by atomic mass is 10.1. The van der Waals surface area contributed by atoms with Crippen molar-refractivity contribution in [2.45, 2.75) is 51.5 Å². The van der Waals surface area contributed by atoms with E-state index in [-0.39, 0.29) is 5.91 Å². The monoisotopic (exact) mass is 222 g/mol. The molecule has 1 heterocycles. The number of hydrogen-bond donors (Lipinski definition) is 1. The van der Waals surface area contributed by atoms with E-state index in [1.807, 2.05) is 6.92 Å². The maximum absolute atomic E-state index is 11.9. The Kier molecular flexibility index (Phi) is 3.59. The summed E-state index contributed by atoms with van der Waals surface area (Å²) in [5, 5.41) is 6.65. The summed E-state index contributed by atoms with van der Waals surface area (Å²) >= 11 is 0. The molecule has 0 aliphatic heterocycles. The van der Waals surface area contributed by atoms with Gasteiger partial charge >= 0.3 is 0 Å². The Hall–Kier alpha value is -1.32. The van der Waals surface area contributed by atoms with E-state index in [1.54, 1.807) is 6.20 Å². The van der Waals surface area contributed by atoms with Crippen molar-refractivity contribution in [3.05, 3.63) is 17.5 Å². The summed E-state index contributed by atoms with van der Waals surface area (Å²) in [7, 11) is 0. The third-order valence-corrected chi connectivity index (χ3v) is 3.15. The van der Waals surface area contributed by atoms with Gasteiger partial charge in [0.05, 0.1) is 6.20 Å². The predicted octanol–water partition coefficient (Wildman–Crippen LogP) is 2.44. The molecular weight excluding hydrogens is 204 g/mol. The molecule has 0 unspecified atom stereocenters. The minimum Gasteiger partial charge on any atom is -0.351 e. The van der Waals surface area contributed by atoms with E-state index in [2.05, 4.69) is 10.5 Å². The van der Waals surface area contributed by atoms with Gasteiger partial charge in [0.2, 0.25) is 5.76 Å². The van der Waals surface area contributed by atoms with E-state index < -0.39 is 0 Å². The fraction of sp³-hybridized carbons (Fsp3) is 0.667. The Labute approximate surface area is 95.4 Å². The van der Waals surface area contributed by atoms with Crippen LogP contribution in [0, 0.1) is 6.92 Å². The summed E-state index contributed by atoms with van der Waals surface area (Å²) in [6.45, 7) is 1.83. The fourth-order valence-corrected chi connectivity index (χ4v) is 2.18. The first kappa shape index (κ1) is 11.2. The molecule has 1 aromatic heterocycles. The molecule has 1 aliphatic carbocycles. The van der Waals surface area contributed by atoms with Gasteiger partial charge in [-0.1, -0.05) is 30.8 Å². The molecule has 1 fully saturated rings. The van der Waals surface area contributed by atoms with Crippen molar-refractivity contribution in [3.8, 4) is 0 Å². The summed E-state index contributed by atoms with van der Waals surface area (Å²) in [5.41, 5.74) is 0.797. The van der Waals surface area contributed by atoms with Crippen molar-refractivity contribution >= 4 is 5.91 Å². The molecule has 2 rings (SSSR count). The summed E-state index contributed by atoms with van der Waals surface area (Å²) in [6, 6.07) is 0.305. The quantitative estimate of drug-likeness (QED) is 0.782.